The van der Waals surface area contributed by atoms with Gasteiger partial charge in [-0.25, -0.2) is 4.57 Å². The minimum absolute atomic E-state index is 0.0411. The van der Waals surface area contributed by atoms with Crippen LogP contribution in [0.5, 0.6) is 5.75 Å². The molecule has 2 aromatic carbocycles. The first-order chi connectivity index (χ1) is 14.7. The molecular formula is C26H35O5P. The second-order valence-corrected chi connectivity index (χ2v) is 11.4. The van der Waals surface area contributed by atoms with Crippen molar-refractivity contribution in [1.82, 2.24) is 0 Å². The van der Waals surface area contributed by atoms with E-state index in [1.807, 2.05) is 24.3 Å². The molecule has 0 fully saturated rings. The molecule has 0 unspecified atom stereocenters. The Labute approximate surface area is 191 Å². The molecule has 1 aliphatic rings. The molecule has 2 aromatic rings. The number of fused-ring (bicyclic) bond motifs is 1. The highest BCUT2D eigenvalue weighted by molar-refractivity contribution is 7.46. The first-order valence-corrected chi connectivity index (χ1v) is 12.5. The molecule has 1 aliphatic carbocycles. The standard InChI is InChI=1S/C26H35O5P/c1-17(14-19-8-10-20(11-9-19)16-31-32(27,28)29)22-18(2)15-21-23(24(22)30-7)26(5,6)13-12-25(21,3)4/h8-11,14-15H,12-13,16H2,1-7H3,(H2,27,28,29). The van der Waals surface area contributed by atoms with E-state index in [0.29, 0.717) is 5.56 Å². The Kier molecular flexibility index (Phi) is 6.80. The number of benzene rings is 2. The van der Waals surface area contributed by atoms with E-state index in [1.165, 1.54) is 16.7 Å². The highest BCUT2D eigenvalue weighted by Gasteiger charge is 2.40. The minimum atomic E-state index is -4.48. The molecular weight excluding hydrogens is 423 g/mol. The van der Waals surface area contributed by atoms with E-state index in [0.717, 1.165) is 35.3 Å². The van der Waals surface area contributed by atoms with Crippen LogP contribution in [-0.4, -0.2) is 16.9 Å². The molecule has 2 N–H and O–H groups in total. The number of rotatable bonds is 6. The van der Waals surface area contributed by atoms with Gasteiger partial charge in [-0.05, 0) is 65.3 Å². The van der Waals surface area contributed by atoms with Crippen LogP contribution >= 0.6 is 7.82 Å². The van der Waals surface area contributed by atoms with Crippen molar-refractivity contribution in [3.8, 4) is 5.75 Å². The Morgan fingerprint density at radius 3 is 2.25 bits per heavy atom. The van der Waals surface area contributed by atoms with Gasteiger partial charge in [-0.1, -0.05) is 64.1 Å². The van der Waals surface area contributed by atoms with Gasteiger partial charge in [0.25, 0.3) is 0 Å². The molecule has 6 heteroatoms. The van der Waals surface area contributed by atoms with Crippen molar-refractivity contribution in [3.63, 3.8) is 0 Å². The van der Waals surface area contributed by atoms with Gasteiger partial charge >= 0.3 is 7.82 Å². The summed E-state index contributed by atoms with van der Waals surface area (Å²) in [6, 6.07) is 9.83. The van der Waals surface area contributed by atoms with Gasteiger partial charge in [-0.15, -0.1) is 0 Å². The third-order valence-corrected chi connectivity index (χ3v) is 7.09. The van der Waals surface area contributed by atoms with Crippen LogP contribution in [0.25, 0.3) is 11.6 Å². The molecule has 0 amide bonds. The van der Waals surface area contributed by atoms with Crippen molar-refractivity contribution in [2.75, 3.05) is 7.11 Å². The predicted octanol–water partition coefficient (Wildman–Crippen LogP) is 6.52. The molecule has 174 valence electrons. The Morgan fingerprint density at radius 2 is 1.69 bits per heavy atom. The Hall–Kier alpha value is -1.91. The van der Waals surface area contributed by atoms with Crippen LogP contribution in [0.3, 0.4) is 0 Å². The van der Waals surface area contributed by atoms with Gasteiger partial charge in [-0.3, -0.25) is 4.52 Å². The third kappa shape index (κ3) is 5.18. The van der Waals surface area contributed by atoms with E-state index in [1.54, 1.807) is 7.11 Å². The molecule has 0 atom stereocenters. The van der Waals surface area contributed by atoms with E-state index in [4.69, 9.17) is 14.5 Å². The summed E-state index contributed by atoms with van der Waals surface area (Å²) in [6.07, 6.45) is 4.39. The van der Waals surface area contributed by atoms with E-state index in [2.05, 4.69) is 58.2 Å². The lowest BCUT2D eigenvalue weighted by Gasteiger charge is -2.43. The lowest BCUT2D eigenvalue weighted by molar-refractivity contribution is 0.189. The fraction of sp³-hybridized carbons (Fsp3) is 0.462. The topological polar surface area (TPSA) is 76.0 Å². The summed E-state index contributed by atoms with van der Waals surface area (Å²) >= 11 is 0. The second kappa shape index (κ2) is 8.79. The van der Waals surface area contributed by atoms with Gasteiger partial charge in [0.1, 0.15) is 5.75 Å². The smallest absolute Gasteiger partial charge is 0.469 e. The van der Waals surface area contributed by atoms with Gasteiger partial charge in [0, 0.05) is 11.1 Å². The fourth-order valence-electron chi connectivity index (χ4n) is 4.76. The van der Waals surface area contributed by atoms with E-state index >= 15 is 0 Å². The molecule has 32 heavy (non-hydrogen) atoms. The van der Waals surface area contributed by atoms with Crippen LogP contribution in [0.2, 0.25) is 0 Å². The average Bonchev–Trinajstić information content (AvgIpc) is 2.69. The first kappa shape index (κ1) is 24.7. The Balaban J connectivity index is 2.02. The zero-order valence-electron chi connectivity index (χ0n) is 20.2. The van der Waals surface area contributed by atoms with Gasteiger partial charge in [0.05, 0.1) is 13.7 Å². The van der Waals surface area contributed by atoms with Crippen LogP contribution in [0.4, 0.5) is 0 Å². The van der Waals surface area contributed by atoms with Crippen molar-refractivity contribution in [2.45, 2.75) is 71.8 Å². The molecule has 3 rings (SSSR count). The van der Waals surface area contributed by atoms with E-state index in [9.17, 15) is 4.57 Å². The van der Waals surface area contributed by atoms with Crippen molar-refractivity contribution >= 4 is 19.5 Å². The number of hydrogen-bond donors (Lipinski definition) is 2. The number of phosphoric ester groups is 1. The highest BCUT2D eigenvalue weighted by Crippen LogP contribution is 2.52. The third-order valence-electron chi connectivity index (χ3n) is 6.62. The summed E-state index contributed by atoms with van der Waals surface area (Å²) in [4.78, 5) is 17.7. The molecule has 0 aliphatic heterocycles. The van der Waals surface area contributed by atoms with Gasteiger partial charge in [0.15, 0.2) is 0 Å². The Morgan fingerprint density at radius 1 is 1.09 bits per heavy atom. The lowest BCUT2D eigenvalue weighted by atomic mass is 9.62. The number of ether oxygens (including phenoxy) is 1. The summed E-state index contributed by atoms with van der Waals surface area (Å²) in [5.74, 6) is 0.971. The summed E-state index contributed by atoms with van der Waals surface area (Å²) in [5.41, 5.74) is 8.00. The van der Waals surface area contributed by atoms with Crippen molar-refractivity contribution in [3.05, 3.63) is 63.7 Å². The number of methoxy groups -OCH3 is 1. The van der Waals surface area contributed by atoms with Crippen molar-refractivity contribution in [2.24, 2.45) is 0 Å². The fourth-order valence-corrected chi connectivity index (χ4v) is 5.08. The number of hydrogen-bond acceptors (Lipinski definition) is 3. The predicted molar refractivity (Wildman–Crippen MR) is 130 cm³/mol. The Bertz CT molecular complexity index is 1070. The van der Waals surface area contributed by atoms with Crippen LogP contribution in [-0.2, 0) is 26.5 Å². The average molecular weight is 459 g/mol. The molecule has 5 nitrogen and oxygen atoms in total. The van der Waals surface area contributed by atoms with E-state index in [-0.39, 0.29) is 17.4 Å². The second-order valence-electron chi connectivity index (χ2n) is 10.1. The monoisotopic (exact) mass is 458 g/mol. The lowest BCUT2D eigenvalue weighted by Crippen LogP contribution is -2.34. The van der Waals surface area contributed by atoms with Crippen LogP contribution < -0.4 is 4.74 Å². The summed E-state index contributed by atoms with van der Waals surface area (Å²) in [5, 5.41) is 0. The van der Waals surface area contributed by atoms with Crippen molar-refractivity contribution in [1.29, 1.82) is 0 Å². The maximum atomic E-state index is 10.9. The summed E-state index contributed by atoms with van der Waals surface area (Å²) in [7, 11) is -2.71. The maximum absolute atomic E-state index is 10.9. The number of allylic oxidation sites excluding steroid dienone is 1. The van der Waals surface area contributed by atoms with Gasteiger partial charge in [-0.2, -0.15) is 0 Å². The van der Waals surface area contributed by atoms with Gasteiger partial charge < -0.3 is 14.5 Å². The SMILES string of the molecule is COc1c(C(C)=Cc2ccc(COP(=O)(O)O)cc2)c(C)cc2c1C(C)(C)CCC2(C)C. The molecule has 0 radical (unpaired) electrons. The summed E-state index contributed by atoms with van der Waals surface area (Å²) < 4.78 is 21.5. The number of phosphoric acid groups is 1. The van der Waals surface area contributed by atoms with Crippen LogP contribution in [0.1, 0.15) is 80.8 Å². The molecule has 0 saturated heterocycles. The van der Waals surface area contributed by atoms with Crippen LogP contribution in [0.15, 0.2) is 30.3 Å². The quantitative estimate of drug-likeness (QED) is 0.381. The molecule has 0 bridgehead atoms. The minimum Gasteiger partial charge on any atom is -0.496 e. The molecule has 0 spiro atoms. The maximum Gasteiger partial charge on any atom is 0.469 e. The zero-order valence-corrected chi connectivity index (χ0v) is 21.0. The van der Waals surface area contributed by atoms with E-state index < -0.39 is 7.82 Å². The zero-order chi connectivity index (χ0) is 23.9. The molecule has 0 aromatic heterocycles. The van der Waals surface area contributed by atoms with Gasteiger partial charge in [0.2, 0.25) is 0 Å². The van der Waals surface area contributed by atoms with Crippen LogP contribution in [0, 0.1) is 6.92 Å². The largest absolute Gasteiger partial charge is 0.496 e. The normalized spacial score (nSPS) is 17.7. The molecule has 0 saturated carbocycles. The number of aryl methyl sites for hydroxylation is 1. The summed E-state index contributed by atoms with van der Waals surface area (Å²) in [6.45, 7) is 13.4. The highest BCUT2D eigenvalue weighted by atomic mass is 31.2. The first-order valence-electron chi connectivity index (χ1n) is 11.0. The van der Waals surface area contributed by atoms with Crippen molar-refractivity contribution < 1.29 is 23.6 Å². The molecule has 0 heterocycles.